The van der Waals surface area contributed by atoms with Crippen LogP contribution in [0.4, 0.5) is 0 Å². The third kappa shape index (κ3) is 9.28. The van der Waals surface area contributed by atoms with E-state index in [9.17, 15) is 24.3 Å². The van der Waals surface area contributed by atoms with E-state index in [1.54, 1.807) is 28.1 Å². The molecular formula is C42H47N4O13PS. The summed E-state index contributed by atoms with van der Waals surface area (Å²) in [5.41, 5.74) is -0.743. The van der Waals surface area contributed by atoms with Crippen molar-refractivity contribution in [2.24, 2.45) is 0 Å². The van der Waals surface area contributed by atoms with Gasteiger partial charge in [0.25, 0.3) is 11.1 Å². The van der Waals surface area contributed by atoms with Crippen molar-refractivity contribution in [3.63, 3.8) is 0 Å². The van der Waals surface area contributed by atoms with Gasteiger partial charge in [0.15, 0.2) is 0 Å². The van der Waals surface area contributed by atoms with Crippen LogP contribution in [0.15, 0.2) is 110 Å². The largest absolute Gasteiger partial charge is 0.497 e. The molecule has 19 heteroatoms. The number of aryl methyl sites for hydroxylation is 2. The molecular weight excluding hydrogens is 832 g/mol. The van der Waals surface area contributed by atoms with E-state index >= 15 is 0 Å². The van der Waals surface area contributed by atoms with Crippen LogP contribution in [0.2, 0.25) is 0 Å². The molecule has 2 aromatic heterocycles. The molecule has 0 bridgehead atoms. The highest BCUT2D eigenvalue weighted by atomic mass is 32.5. The molecule has 2 saturated heterocycles. The quantitative estimate of drug-likeness (QED) is 0.0950. The van der Waals surface area contributed by atoms with Crippen LogP contribution in [0.25, 0.3) is 0 Å². The summed E-state index contributed by atoms with van der Waals surface area (Å²) in [6, 6.07) is 24.7. The SMILES string of the molecule is COc1ccc(C(OC[C@H]2O[C@@H](n3cc(C)c(=O)[nH]c3=O)C[C@@H]2OP(=S)(OC)OC[C@H]2O[C@@H](n3cc(C)c(=O)[nH]c3=O)C[C@@H]2O)(c2ccccc2)c2ccc(OC)cc2)cc1. The van der Waals surface area contributed by atoms with Gasteiger partial charge in [0.2, 0.25) is 0 Å². The standard InChI is InChI=1S/C42H47N4O13PS/c1-25-21-45(40(50)43-38(25)48)36-19-32(47)34(57-36)24-56-60(61,54-5)59-33-20-37(46-22-26(2)39(49)44-41(46)51)58-35(33)23-55-42(27-9-7-6-8-10-27,28-11-15-30(52-3)16-12-28)29-13-17-31(53-4)18-14-29/h6-18,21-22,32-37,47H,19-20,23-24H2,1-5H3,(H,43,48,50)(H,44,49,51)/t32-,33-,34+,35+,36+,37+,60?/m0/s1. The van der Waals surface area contributed by atoms with Crippen LogP contribution >= 0.6 is 6.72 Å². The van der Waals surface area contributed by atoms with Gasteiger partial charge in [0, 0.05) is 43.5 Å². The fourth-order valence-electron chi connectivity index (χ4n) is 7.51. The first-order valence-corrected chi connectivity index (χ1v) is 21.9. The average Bonchev–Trinajstić information content (AvgIpc) is 3.85. The molecule has 3 N–H and O–H groups in total. The molecule has 3 aromatic carbocycles. The number of aliphatic hydroxyl groups excluding tert-OH is 1. The van der Waals surface area contributed by atoms with Crippen LogP contribution in [0, 0.1) is 13.8 Å². The minimum absolute atomic E-state index is 0.0343. The Kier molecular flexibility index (Phi) is 13.4. The summed E-state index contributed by atoms with van der Waals surface area (Å²) in [7, 11) is 4.51. The molecule has 324 valence electrons. The van der Waals surface area contributed by atoms with E-state index in [0.29, 0.717) is 22.6 Å². The zero-order chi connectivity index (χ0) is 43.5. The third-order valence-corrected chi connectivity index (χ3v) is 13.3. The molecule has 4 heterocycles. The molecule has 0 radical (unpaired) electrons. The highest BCUT2D eigenvalue weighted by Gasteiger charge is 2.46. The summed E-state index contributed by atoms with van der Waals surface area (Å²) < 4.78 is 51.6. The molecule has 2 fully saturated rings. The van der Waals surface area contributed by atoms with Crippen LogP contribution in [-0.2, 0) is 45.2 Å². The lowest BCUT2D eigenvalue weighted by molar-refractivity contribution is -0.0939. The second kappa shape index (κ2) is 18.5. The van der Waals surface area contributed by atoms with E-state index in [2.05, 4.69) is 9.97 Å². The lowest BCUT2D eigenvalue weighted by Gasteiger charge is -2.37. The van der Waals surface area contributed by atoms with Crippen molar-refractivity contribution in [3.8, 4) is 11.5 Å². The van der Waals surface area contributed by atoms with Crippen molar-refractivity contribution in [2.45, 2.75) is 69.2 Å². The van der Waals surface area contributed by atoms with Crippen molar-refractivity contribution in [1.29, 1.82) is 0 Å². The normalized spacial score (nSPS) is 22.5. The second-order valence-electron chi connectivity index (χ2n) is 14.6. The Labute approximate surface area is 355 Å². The van der Waals surface area contributed by atoms with Crippen molar-refractivity contribution < 1.29 is 42.4 Å². The zero-order valence-corrected chi connectivity index (χ0v) is 35.8. The Hall–Kier alpha value is -5.01. The topological polar surface area (TPSA) is 204 Å². The summed E-state index contributed by atoms with van der Waals surface area (Å²) >= 11 is 5.87. The van der Waals surface area contributed by atoms with Crippen LogP contribution in [0.5, 0.6) is 11.5 Å². The fraction of sp³-hybridized carbons (Fsp3) is 0.381. The fourth-order valence-corrected chi connectivity index (χ4v) is 9.16. The number of rotatable bonds is 16. The van der Waals surface area contributed by atoms with Crippen LogP contribution < -0.4 is 32.0 Å². The van der Waals surface area contributed by atoms with E-state index in [-0.39, 0.29) is 26.1 Å². The number of aromatic nitrogens is 4. The first-order chi connectivity index (χ1) is 29.3. The van der Waals surface area contributed by atoms with E-state index < -0.39 is 71.7 Å². The number of nitrogens with zero attached hydrogens (tertiary/aromatic N) is 2. The zero-order valence-electron chi connectivity index (χ0n) is 34.0. The molecule has 0 aliphatic carbocycles. The Morgan fingerprint density at radius 2 is 1.21 bits per heavy atom. The molecule has 7 atom stereocenters. The van der Waals surface area contributed by atoms with Gasteiger partial charge in [-0.1, -0.05) is 54.6 Å². The van der Waals surface area contributed by atoms with Crippen molar-refractivity contribution in [1.82, 2.24) is 19.1 Å². The number of benzene rings is 3. The number of ether oxygens (including phenoxy) is 5. The molecule has 17 nitrogen and oxygen atoms in total. The Morgan fingerprint density at radius 1 is 0.721 bits per heavy atom. The van der Waals surface area contributed by atoms with E-state index in [0.717, 1.165) is 16.7 Å². The average molecular weight is 879 g/mol. The number of H-pyrrole nitrogens is 2. The molecule has 0 amide bonds. The van der Waals surface area contributed by atoms with Crippen LogP contribution in [-0.4, -0.2) is 83.2 Å². The smallest absolute Gasteiger partial charge is 0.330 e. The number of nitrogens with one attached hydrogen (secondary N) is 2. The summed E-state index contributed by atoms with van der Waals surface area (Å²) in [4.78, 5) is 54.6. The molecule has 0 spiro atoms. The number of hydrogen-bond donors (Lipinski definition) is 3. The minimum Gasteiger partial charge on any atom is -0.497 e. The van der Waals surface area contributed by atoms with Crippen molar-refractivity contribution in [3.05, 3.63) is 161 Å². The Bertz CT molecular complexity index is 2550. The van der Waals surface area contributed by atoms with Gasteiger partial charge in [-0.3, -0.25) is 28.7 Å². The molecule has 5 aromatic rings. The van der Waals surface area contributed by atoms with Crippen molar-refractivity contribution >= 4 is 18.5 Å². The maximum Gasteiger partial charge on any atom is 0.330 e. The van der Waals surface area contributed by atoms with E-state index in [4.69, 9.17) is 49.1 Å². The van der Waals surface area contributed by atoms with E-state index in [1.807, 2.05) is 78.9 Å². The van der Waals surface area contributed by atoms with Gasteiger partial charge >= 0.3 is 18.1 Å². The van der Waals surface area contributed by atoms with Gasteiger partial charge < -0.3 is 42.4 Å². The maximum absolute atomic E-state index is 13.2. The molecule has 2 aliphatic heterocycles. The second-order valence-corrected chi connectivity index (χ2v) is 17.7. The molecule has 7 rings (SSSR count). The van der Waals surface area contributed by atoms with Crippen LogP contribution in [0.1, 0.15) is 53.1 Å². The summed E-state index contributed by atoms with van der Waals surface area (Å²) in [5, 5.41) is 10.9. The summed E-state index contributed by atoms with van der Waals surface area (Å²) in [6.45, 7) is -0.935. The Morgan fingerprint density at radius 3 is 1.72 bits per heavy atom. The van der Waals surface area contributed by atoms with Gasteiger partial charge in [-0.15, -0.1) is 0 Å². The monoisotopic (exact) mass is 878 g/mol. The highest BCUT2D eigenvalue weighted by Crippen LogP contribution is 2.54. The third-order valence-electron chi connectivity index (χ3n) is 10.8. The number of aromatic amines is 2. The lowest BCUT2D eigenvalue weighted by atomic mass is 9.80. The van der Waals surface area contributed by atoms with Gasteiger partial charge in [0.1, 0.15) is 41.8 Å². The first kappa shape index (κ1) is 44.1. The maximum atomic E-state index is 13.2. The first-order valence-electron chi connectivity index (χ1n) is 19.4. The van der Waals surface area contributed by atoms with Gasteiger partial charge in [-0.2, -0.15) is 0 Å². The highest BCUT2D eigenvalue weighted by molar-refractivity contribution is 8.07. The van der Waals surface area contributed by atoms with Crippen LogP contribution in [0.3, 0.4) is 0 Å². The molecule has 1 unspecified atom stereocenters. The molecule has 0 saturated carbocycles. The Balaban J connectivity index is 1.20. The van der Waals surface area contributed by atoms with Gasteiger partial charge in [-0.25, -0.2) is 9.59 Å². The number of methoxy groups -OCH3 is 2. The summed E-state index contributed by atoms with van der Waals surface area (Å²) in [6.07, 6.45) is -2.76. The predicted octanol–water partition coefficient (Wildman–Crippen LogP) is 3.94. The lowest BCUT2D eigenvalue weighted by Crippen LogP contribution is -2.38. The summed E-state index contributed by atoms with van der Waals surface area (Å²) in [5.74, 6) is 1.29. The number of hydrogen-bond acceptors (Lipinski definition) is 14. The molecule has 61 heavy (non-hydrogen) atoms. The van der Waals surface area contributed by atoms with Gasteiger partial charge in [-0.05, 0) is 66.6 Å². The number of aliphatic hydroxyl groups is 1. The minimum atomic E-state index is -3.67. The van der Waals surface area contributed by atoms with Gasteiger partial charge in [0.05, 0.1) is 39.6 Å². The van der Waals surface area contributed by atoms with Crippen molar-refractivity contribution in [2.75, 3.05) is 34.5 Å². The predicted molar refractivity (Wildman–Crippen MR) is 226 cm³/mol. The molecule has 2 aliphatic rings. The van der Waals surface area contributed by atoms with E-state index in [1.165, 1.54) is 28.6 Å².